The van der Waals surface area contributed by atoms with Crippen molar-refractivity contribution < 1.29 is 4.79 Å². The summed E-state index contributed by atoms with van der Waals surface area (Å²) >= 11 is 1.29. The number of hydrogen-bond acceptors (Lipinski definition) is 4. The Bertz CT molecular complexity index is 992. The highest BCUT2D eigenvalue weighted by Gasteiger charge is 2.15. The van der Waals surface area contributed by atoms with Gasteiger partial charge in [0.25, 0.3) is 5.56 Å². The van der Waals surface area contributed by atoms with Crippen molar-refractivity contribution in [1.82, 2.24) is 14.5 Å². The fourth-order valence-electron chi connectivity index (χ4n) is 2.75. The van der Waals surface area contributed by atoms with Crippen LogP contribution >= 0.6 is 11.8 Å². The van der Waals surface area contributed by atoms with Gasteiger partial charge >= 0.3 is 0 Å². The molecule has 142 valence electrons. The second-order valence-corrected chi connectivity index (χ2v) is 7.89. The van der Waals surface area contributed by atoms with Gasteiger partial charge in [0.1, 0.15) is 5.52 Å². The number of anilines is 1. The first kappa shape index (κ1) is 19.2. The summed E-state index contributed by atoms with van der Waals surface area (Å²) < 4.78 is 1.68. The van der Waals surface area contributed by atoms with Crippen LogP contribution in [0.3, 0.4) is 0 Å². The molecule has 3 rings (SSSR count). The van der Waals surface area contributed by atoms with Crippen LogP contribution in [0.4, 0.5) is 5.69 Å². The molecule has 27 heavy (non-hydrogen) atoms. The topological polar surface area (TPSA) is 79.8 Å². The normalized spacial score (nSPS) is 11.3. The van der Waals surface area contributed by atoms with Crippen molar-refractivity contribution in [3.05, 3.63) is 52.4 Å². The first-order valence-electron chi connectivity index (χ1n) is 9.02. The van der Waals surface area contributed by atoms with Gasteiger partial charge in [-0.2, -0.15) is 0 Å². The largest absolute Gasteiger partial charge is 0.353 e. The number of thioether (sulfide) groups is 1. The molecule has 0 saturated heterocycles. The lowest BCUT2D eigenvalue weighted by Gasteiger charge is -2.13. The molecule has 2 N–H and O–H groups in total. The Morgan fingerprint density at radius 2 is 2.04 bits per heavy atom. The number of aromatic nitrogens is 3. The molecule has 7 heteroatoms. The number of aromatic amines is 1. The van der Waals surface area contributed by atoms with E-state index in [1.807, 2.05) is 43.3 Å². The average Bonchev–Trinajstić information content (AvgIpc) is 3.00. The second-order valence-electron chi connectivity index (χ2n) is 6.95. The molecule has 2 aromatic heterocycles. The average molecular weight is 385 g/mol. The molecule has 1 aromatic carbocycles. The minimum absolute atomic E-state index is 0.0836. The van der Waals surface area contributed by atoms with E-state index < -0.39 is 0 Å². The van der Waals surface area contributed by atoms with Crippen LogP contribution < -0.4 is 10.9 Å². The number of H-pyrrole nitrogens is 1. The molecule has 2 heterocycles. The molecule has 0 fully saturated rings. The van der Waals surface area contributed by atoms with Crippen LogP contribution in [-0.4, -0.2) is 26.2 Å². The molecule has 0 bridgehead atoms. The zero-order valence-electron chi connectivity index (χ0n) is 15.8. The van der Waals surface area contributed by atoms with Crippen molar-refractivity contribution in [2.24, 2.45) is 5.92 Å². The van der Waals surface area contributed by atoms with E-state index >= 15 is 0 Å². The number of fused-ring (bicyclic) bond motifs is 1. The molecule has 0 aliphatic carbocycles. The SMILES string of the molecule is Cc1cc2nc(SCC(=O)Nc3ccccc3)n(CCC(C)C)c(=O)c2[nH]1. The number of hydrogen-bond donors (Lipinski definition) is 2. The van der Waals surface area contributed by atoms with Gasteiger partial charge in [-0.15, -0.1) is 0 Å². The molecule has 0 atom stereocenters. The van der Waals surface area contributed by atoms with Gasteiger partial charge in [-0.3, -0.25) is 14.2 Å². The highest BCUT2D eigenvalue weighted by Crippen LogP contribution is 2.20. The molecule has 3 aromatic rings. The lowest BCUT2D eigenvalue weighted by molar-refractivity contribution is -0.113. The molecular formula is C20H24N4O2S. The summed E-state index contributed by atoms with van der Waals surface area (Å²) in [6.45, 7) is 6.73. The maximum atomic E-state index is 12.9. The number of benzene rings is 1. The number of nitrogens with zero attached hydrogens (tertiary/aromatic N) is 2. The highest BCUT2D eigenvalue weighted by molar-refractivity contribution is 7.99. The zero-order valence-corrected chi connectivity index (χ0v) is 16.6. The van der Waals surface area contributed by atoms with E-state index in [0.717, 1.165) is 17.8 Å². The van der Waals surface area contributed by atoms with Crippen LogP contribution in [0.1, 0.15) is 26.0 Å². The Kier molecular flexibility index (Phi) is 6.01. The zero-order chi connectivity index (χ0) is 19.4. The van der Waals surface area contributed by atoms with Crippen LogP contribution in [0.15, 0.2) is 46.3 Å². The molecule has 6 nitrogen and oxygen atoms in total. The minimum atomic E-state index is -0.124. The van der Waals surface area contributed by atoms with E-state index in [-0.39, 0.29) is 17.2 Å². The van der Waals surface area contributed by atoms with Crippen molar-refractivity contribution in [2.45, 2.75) is 38.9 Å². The van der Waals surface area contributed by atoms with E-state index in [1.54, 1.807) is 4.57 Å². The van der Waals surface area contributed by atoms with Crippen molar-refractivity contribution in [3.8, 4) is 0 Å². The summed E-state index contributed by atoms with van der Waals surface area (Å²) in [5, 5.41) is 3.44. The third kappa shape index (κ3) is 4.80. The van der Waals surface area contributed by atoms with Gasteiger partial charge in [-0.1, -0.05) is 43.8 Å². The summed E-state index contributed by atoms with van der Waals surface area (Å²) in [5.41, 5.74) is 2.73. The number of nitrogens with one attached hydrogen (secondary N) is 2. The van der Waals surface area contributed by atoms with E-state index in [1.165, 1.54) is 11.8 Å². The Labute approximate surface area is 162 Å². The van der Waals surface area contributed by atoms with E-state index in [9.17, 15) is 9.59 Å². The molecular weight excluding hydrogens is 360 g/mol. The lowest BCUT2D eigenvalue weighted by Crippen LogP contribution is -2.25. The van der Waals surface area contributed by atoms with Crippen molar-refractivity contribution >= 4 is 34.4 Å². The van der Waals surface area contributed by atoms with Gasteiger partial charge in [0.2, 0.25) is 5.91 Å². The van der Waals surface area contributed by atoms with Gasteiger partial charge in [-0.25, -0.2) is 4.98 Å². The third-order valence-electron chi connectivity index (χ3n) is 4.16. The predicted octanol–water partition coefficient (Wildman–Crippen LogP) is 3.81. The molecule has 0 aliphatic heterocycles. The number of carbonyl (C=O) groups is 1. The third-order valence-corrected chi connectivity index (χ3v) is 5.13. The van der Waals surface area contributed by atoms with Gasteiger partial charge in [0, 0.05) is 17.9 Å². The van der Waals surface area contributed by atoms with Gasteiger partial charge < -0.3 is 10.3 Å². The smallest absolute Gasteiger partial charge is 0.278 e. The molecule has 0 aliphatic rings. The maximum Gasteiger partial charge on any atom is 0.278 e. The van der Waals surface area contributed by atoms with Crippen LogP contribution in [0, 0.1) is 12.8 Å². The second kappa shape index (κ2) is 8.43. The first-order valence-corrected chi connectivity index (χ1v) is 10.0. The van der Waals surface area contributed by atoms with Crippen LogP contribution in [0.25, 0.3) is 11.0 Å². The number of rotatable bonds is 7. The molecule has 1 amide bonds. The summed E-state index contributed by atoms with van der Waals surface area (Å²) in [4.78, 5) is 32.9. The van der Waals surface area contributed by atoms with Crippen molar-refractivity contribution in [1.29, 1.82) is 0 Å². The van der Waals surface area contributed by atoms with Gasteiger partial charge in [0.15, 0.2) is 5.16 Å². The minimum Gasteiger partial charge on any atom is -0.353 e. The Hall–Kier alpha value is -2.54. The lowest BCUT2D eigenvalue weighted by atomic mass is 10.1. The molecule has 0 unspecified atom stereocenters. The maximum absolute atomic E-state index is 12.9. The van der Waals surface area contributed by atoms with Crippen molar-refractivity contribution in [3.63, 3.8) is 0 Å². The Morgan fingerprint density at radius 1 is 1.30 bits per heavy atom. The van der Waals surface area contributed by atoms with E-state index in [4.69, 9.17) is 0 Å². The van der Waals surface area contributed by atoms with Crippen LogP contribution in [0.2, 0.25) is 0 Å². The first-order chi connectivity index (χ1) is 12.9. The predicted molar refractivity (Wildman–Crippen MR) is 110 cm³/mol. The van der Waals surface area contributed by atoms with Crippen LogP contribution in [0.5, 0.6) is 0 Å². The quantitative estimate of drug-likeness (QED) is 0.479. The fourth-order valence-corrected chi connectivity index (χ4v) is 3.58. The fraction of sp³-hybridized carbons (Fsp3) is 0.350. The standard InChI is InChI=1S/C20H24N4O2S/c1-13(2)9-10-24-19(26)18-16(11-14(3)21-18)23-20(24)27-12-17(25)22-15-7-5-4-6-8-15/h4-8,11,13,21H,9-10,12H2,1-3H3,(H,22,25). The Balaban J connectivity index is 1.82. The van der Waals surface area contributed by atoms with Gasteiger partial charge in [0.05, 0.1) is 11.3 Å². The van der Waals surface area contributed by atoms with E-state index in [2.05, 4.69) is 29.1 Å². The monoisotopic (exact) mass is 384 g/mol. The number of carbonyl (C=O) groups excluding carboxylic acids is 1. The molecule has 0 spiro atoms. The summed E-state index contributed by atoms with van der Waals surface area (Å²) in [6, 6.07) is 11.2. The highest BCUT2D eigenvalue weighted by atomic mass is 32.2. The number of aryl methyl sites for hydroxylation is 1. The Morgan fingerprint density at radius 3 is 2.74 bits per heavy atom. The summed E-state index contributed by atoms with van der Waals surface area (Å²) in [7, 11) is 0. The van der Waals surface area contributed by atoms with Crippen molar-refractivity contribution in [2.75, 3.05) is 11.1 Å². The summed E-state index contributed by atoms with van der Waals surface area (Å²) in [5.74, 6) is 0.538. The van der Waals surface area contributed by atoms with Gasteiger partial charge in [-0.05, 0) is 37.5 Å². The van der Waals surface area contributed by atoms with Crippen LogP contribution in [-0.2, 0) is 11.3 Å². The number of amides is 1. The molecule has 0 saturated carbocycles. The van der Waals surface area contributed by atoms with E-state index in [0.29, 0.717) is 28.7 Å². The summed E-state index contributed by atoms with van der Waals surface area (Å²) in [6.07, 6.45) is 0.872. The molecule has 0 radical (unpaired) electrons. The number of para-hydroxylation sites is 1.